The molecule has 0 N–H and O–H groups in total. The molecular formula is C64H61N5OPt-2. The van der Waals surface area contributed by atoms with Crippen LogP contribution in [0.3, 0.4) is 0 Å². The van der Waals surface area contributed by atoms with Crippen LogP contribution in [0, 0.1) is 18.5 Å². The van der Waals surface area contributed by atoms with Crippen LogP contribution < -0.4 is 9.42 Å². The first-order chi connectivity index (χ1) is 33.3. The summed E-state index contributed by atoms with van der Waals surface area (Å²) in [6.07, 6.45) is 5.62. The molecule has 0 saturated heterocycles. The zero-order valence-electron chi connectivity index (χ0n) is 42.6. The second-order valence-corrected chi connectivity index (χ2v) is 22.1. The molecule has 7 heteroatoms. The average molecular weight is 1110 g/mol. The molecule has 0 amide bonds. The minimum atomic E-state index is -0.243. The van der Waals surface area contributed by atoms with E-state index in [9.17, 15) is 0 Å². The predicted octanol–water partition coefficient (Wildman–Crippen LogP) is 15.4. The van der Waals surface area contributed by atoms with E-state index in [4.69, 9.17) is 14.8 Å². The number of rotatable bonds is 9. The van der Waals surface area contributed by atoms with Gasteiger partial charge in [0.1, 0.15) is 5.82 Å². The maximum atomic E-state index is 6.77. The van der Waals surface area contributed by atoms with Gasteiger partial charge < -0.3 is 13.9 Å². The minimum absolute atomic E-state index is 0. The van der Waals surface area contributed by atoms with Crippen molar-refractivity contribution in [3.8, 4) is 51.2 Å². The Morgan fingerprint density at radius 2 is 1.15 bits per heavy atom. The Bertz CT molecular complexity index is 3510. The smallest absolute Gasteiger partial charge is 0.272 e. The van der Waals surface area contributed by atoms with Gasteiger partial charge in [0, 0.05) is 55.3 Å². The summed E-state index contributed by atoms with van der Waals surface area (Å²) in [6.45, 7) is 24.9. The molecule has 0 unspecified atom stereocenters. The van der Waals surface area contributed by atoms with E-state index in [1.807, 2.05) is 39.7 Å². The molecule has 0 aliphatic heterocycles. The molecule has 7 aromatic carbocycles. The summed E-state index contributed by atoms with van der Waals surface area (Å²) < 4.78 is 12.9. The molecule has 0 saturated carbocycles. The first-order valence-electron chi connectivity index (χ1n) is 24.3. The maximum absolute atomic E-state index is 6.77. The normalized spacial score (nSPS) is 12.3. The van der Waals surface area contributed by atoms with Crippen LogP contribution in [0.25, 0.3) is 61.5 Å². The van der Waals surface area contributed by atoms with Gasteiger partial charge >= 0.3 is 0 Å². The summed E-state index contributed by atoms with van der Waals surface area (Å²) in [6, 6.07) is 65.0. The van der Waals surface area contributed by atoms with Crippen molar-refractivity contribution in [3.05, 3.63) is 216 Å². The van der Waals surface area contributed by atoms with Gasteiger partial charge in [0.2, 0.25) is 0 Å². The van der Waals surface area contributed by atoms with Gasteiger partial charge in [-0.25, -0.2) is 4.98 Å². The predicted molar refractivity (Wildman–Crippen MR) is 286 cm³/mol. The molecule has 0 atom stereocenters. The van der Waals surface area contributed by atoms with Gasteiger partial charge in [-0.2, -0.15) is 22.9 Å². The number of ether oxygens (including phenoxy) is 1. The van der Waals surface area contributed by atoms with Gasteiger partial charge in [0.25, 0.3) is 6.33 Å². The van der Waals surface area contributed by atoms with E-state index in [1.165, 1.54) is 27.8 Å². The molecule has 0 spiro atoms. The fourth-order valence-corrected chi connectivity index (χ4v) is 9.29. The molecule has 0 aliphatic carbocycles. The van der Waals surface area contributed by atoms with E-state index < -0.39 is 0 Å². The van der Waals surface area contributed by atoms with Gasteiger partial charge in [0.05, 0.1) is 5.69 Å². The number of fused-ring (bicyclic) bond motifs is 3. The Labute approximate surface area is 434 Å². The Morgan fingerprint density at radius 1 is 0.507 bits per heavy atom. The number of para-hydroxylation sites is 1. The minimum Gasteiger partial charge on any atom is -0.510 e. The maximum Gasteiger partial charge on any atom is 0.272 e. The van der Waals surface area contributed by atoms with E-state index in [0.717, 1.165) is 61.5 Å². The summed E-state index contributed by atoms with van der Waals surface area (Å²) in [5, 5.41) is 7.66. The SMILES string of the molecule is CC(C)(C)c1cc(-[n+]2[c-]n(-c3[c-]c(Oc4[c-]c5c(cc4)c4ccccc4n5-c4cc(C(C)(C)c5ccccc5)ccn4)ccc3)c(-c3cc(C(C)(C)C)ccc3-c3ccccc3)n2)cc(C(C)(C)C)c1.[Pt]. The monoisotopic (exact) mass is 1110 g/mol. The Hall–Kier alpha value is -6.88. The molecule has 0 radical (unpaired) electrons. The largest absolute Gasteiger partial charge is 0.510 e. The van der Waals surface area contributed by atoms with Gasteiger partial charge in [-0.1, -0.05) is 203 Å². The third kappa shape index (κ3) is 9.67. The zero-order valence-corrected chi connectivity index (χ0v) is 44.9. The van der Waals surface area contributed by atoms with E-state index in [1.54, 1.807) is 0 Å². The summed E-state index contributed by atoms with van der Waals surface area (Å²) >= 11 is 0. The van der Waals surface area contributed by atoms with Gasteiger partial charge in [-0.3, -0.25) is 0 Å². The molecule has 0 fully saturated rings. The van der Waals surface area contributed by atoms with Crippen molar-refractivity contribution in [1.29, 1.82) is 0 Å². The van der Waals surface area contributed by atoms with Crippen molar-refractivity contribution >= 4 is 21.8 Å². The van der Waals surface area contributed by atoms with Crippen molar-refractivity contribution in [2.75, 3.05) is 0 Å². The van der Waals surface area contributed by atoms with Gasteiger partial charge in [-0.05, 0) is 78.8 Å². The summed E-state index contributed by atoms with van der Waals surface area (Å²) in [5.41, 5.74) is 12.4. The zero-order chi connectivity index (χ0) is 49.2. The first-order valence-corrected chi connectivity index (χ1v) is 24.3. The second-order valence-electron chi connectivity index (χ2n) is 22.1. The van der Waals surface area contributed by atoms with Crippen molar-refractivity contribution in [2.24, 2.45) is 0 Å². The summed E-state index contributed by atoms with van der Waals surface area (Å²) in [5.74, 6) is 2.66. The molecule has 0 bridgehead atoms. The van der Waals surface area contributed by atoms with Gasteiger partial charge in [0.15, 0.2) is 5.82 Å². The average Bonchev–Trinajstić information content (AvgIpc) is 3.94. The third-order valence-corrected chi connectivity index (χ3v) is 13.7. The van der Waals surface area contributed by atoms with E-state index in [-0.39, 0.29) is 42.7 Å². The van der Waals surface area contributed by atoms with Crippen LogP contribution >= 0.6 is 0 Å². The molecule has 360 valence electrons. The molecule has 71 heavy (non-hydrogen) atoms. The van der Waals surface area contributed by atoms with E-state index in [0.29, 0.717) is 11.5 Å². The van der Waals surface area contributed by atoms with E-state index >= 15 is 0 Å². The number of nitrogens with zero attached hydrogens (tertiary/aromatic N) is 5. The van der Waals surface area contributed by atoms with Crippen LogP contribution in [0.2, 0.25) is 0 Å². The van der Waals surface area contributed by atoms with Crippen molar-refractivity contribution < 1.29 is 30.5 Å². The number of hydrogen-bond acceptors (Lipinski definition) is 3. The molecule has 10 rings (SSSR count). The molecular weight excluding hydrogens is 1050 g/mol. The third-order valence-electron chi connectivity index (χ3n) is 13.7. The fourth-order valence-electron chi connectivity index (χ4n) is 9.29. The van der Waals surface area contributed by atoms with Crippen LogP contribution in [0.4, 0.5) is 0 Å². The van der Waals surface area contributed by atoms with Crippen molar-refractivity contribution in [2.45, 2.75) is 97.8 Å². The van der Waals surface area contributed by atoms with Crippen molar-refractivity contribution in [1.82, 2.24) is 19.2 Å². The molecule has 3 aromatic heterocycles. The first kappa shape index (κ1) is 49.1. The van der Waals surface area contributed by atoms with Crippen LogP contribution in [-0.4, -0.2) is 19.2 Å². The second kappa shape index (κ2) is 18.7. The van der Waals surface area contributed by atoms with Gasteiger partial charge in [-0.15, -0.1) is 34.8 Å². The number of pyridine rings is 1. The standard InChI is InChI=1S/C64H61N5O.Pt/c1-61(2,3)45-29-31-53(43-21-14-12-15-22-43)56(38-45)60-66-68(50-36-47(62(4,5)6)35-48(37-50)63(7,8)9)42-67(60)49-25-20-26-51(40-49)70-52-30-32-55-54-27-18-19-28-57(54)69(58(55)41-52)59-39-46(33-34-65-59)64(10,11)44-23-16-13-17-24-44;/h12-39H,1-11H3;/q-2;. The van der Waals surface area contributed by atoms with Crippen LogP contribution in [-0.2, 0) is 42.7 Å². The summed E-state index contributed by atoms with van der Waals surface area (Å²) in [7, 11) is 0. The summed E-state index contributed by atoms with van der Waals surface area (Å²) in [4.78, 5) is 4.96. The molecule has 6 nitrogen and oxygen atoms in total. The van der Waals surface area contributed by atoms with Crippen LogP contribution in [0.1, 0.15) is 104 Å². The van der Waals surface area contributed by atoms with Crippen molar-refractivity contribution in [3.63, 3.8) is 0 Å². The Balaban J connectivity index is 0.00000624. The topological polar surface area (TPSA) is 48.8 Å². The Morgan fingerprint density at radius 3 is 1.85 bits per heavy atom. The molecule has 10 aromatic rings. The fraction of sp³-hybridized carbons (Fsp3) is 0.234. The number of benzene rings is 7. The number of aromatic nitrogens is 5. The quantitative estimate of drug-likeness (QED) is 0.107. The molecule has 3 heterocycles. The van der Waals surface area contributed by atoms with Crippen LogP contribution in [0.15, 0.2) is 170 Å². The Kier molecular flexibility index (Phi) is 12.9. The van der Waals surface area contributed by atoms with Crippen LogP contribution in [0.5, 0.6) is 11.5 Å². The number of hydrogen-bond donors (Lipinski definition) is 0. The molecule has 0 aliphatic rings. The van der Waals surface area contributed by atoms with E-state index in [2.05, 4.69) is 239 Å².